The van der Waals surface area contributed by atoms with Crippen LogP contribution in [0.25, 0.3) is 0 Å². The predicted octanol–water partition coefficient (Wildman–Crippen LogP) is 3.23. The number of carbonyl (C=O) groups is 3. The maximum Gasteiger partial charge on any atom is 0.267 e. The normalized spacial score (nSPS) is 18.6. The van der Waals surface area contributed by atoms with Crippen molar-refractivity contribution < 1.29 is 14.4 Å². The molecule has 1 saturated carbocycles. The van der Waals surface area contributed by atoms with Crippen LogP contribution in [0.4, 0.5) is 5.69 Å². The molecule has 1 aliphatic heterocycles. The van der Waals surface area contributed by atoms with Crippen molar-refractivity contribution >= 4 is 35.0 Å². The first-order valence-electron chi connectivity index (χ1n) is 11.6. The van der Waals surface area contributed by atoms with E-state index in [9.17, 15) is 14.4 Å². The van der Waals surface area contributed by atoms with E-state index >= 15 is 0 Å². The Morgan fingerprint density at radius 3 is 2.59 bits per heavy atom. The van der Waals surface area contributed by atoms with Crippen LogP contribution < -0.4 is 11.1 Å². The van der Waals surface area contributed by atoms with Gasteiger partial charge in [0.05, 0.1) is 5.56 Å². The third-order valence-corrected chi connectivity index (χ3v) is 6.81. The summed E-state index contributed by atoms with van der Waals surface area (Å²) in [7, 11) is 0. The zero-order valence-electron chi connectivity index (χ0n) is 19.5. The van der Waals surface area contributed by atoms with E-state index in [-0.39, 0.29) is 23.6 Å². The maximum absolute atomic E-state index is 12.7. The number of nitrogens with one attached hydrogen (secondary N) is 1. The number of benzene rings is 1. The molecule has 2 aliphatic rings. The number of hydrogen-bond acceptors (Lipinski definition) is 5. The van der Waals surface area contributed by atoms with E-state index in [2.05, 4.69) is 22.1 Å². The monoisotopic (exact) mass is 483 g/mol. The molecule has 8 nitrogen and oxygen atoms in total. The van der Waals surface area contributed by atoms with Crippen LogP contribution in [0.1, 0.15) is 58.2 Å². The van der Waals surface area contributed by atoms with Crippen molar-refractivity contribution in [1.29, 1.82) is 0 Å². The van der Waals surface area contributed by atoms with Crippen LogP contribution in [0, 0.1) is 12.8 Å². The van der Waals surface area contributed by atoms with Gasteiger partial charge in [-0.3, -0.25) is 24.3 Å². The maximum atomic E-state index is 12.7. The molecular formula is C25H30ClN5O3. The van der Waals surface area contributed by atoms with Gasteiger partial charge in [-0.05, 0) is 68.0 Å². The Bertz CT molecular complexity index is 1100. The van der Waals surface area contributed by atoms with Crippen molar-refractivity contribution in [3.05, 3.63) is 57.9 Å². The number of halogens is 1. The molecule has 1 aromatic heterocycles. The molecule has 34 heavy (non-hydrogen) atoms. The van der Waals surface area contributed by atoms with Gasteiger partial charge < -0.3 is 16.0 Å². The quantitative estimate of drug-likeness (QED) is 0.628. The number of piperazine rings is 1. The summed E-state index contributed by atoms with van der Waals surface area (Å²) in [5, 5.41) is 3.43. The number of pyridine rings is 1. The summed E-state index contributed by atoms with van der Waals surface area (Å²) in [6.07, 6.45) is 4.37. The van der Waals surface area contributed by atoms with E-state index in [1.807, 2.05) is 17.9 Å². The second kappa shape index (κ2) is 10.1. The number of aromatic nitrogens is 1. The van der Waals surface area contributed by atoms with E-state index in [1.54, 1.807) is 6.07 Å². The minimum Gasteiger partial charge on any atom is -0.364 e. The molecule has 0 radical (unpaired) electrons. The van der Waals surface area contributed by atoms with Gasteiger partial charge in [-0.2, -0.15) is 0 Å². The van der Waals surface area contributed by atoms with Crippen LogP contribution in [0.5, 0.6) is 0 Å². The summed E-state index contributed by atoms with van der Waals surface area (Å²) in [6, 6.07) is 6.73. The summed E-state index contributed by atoms with van der Waals surface area (Å²) in [5.74, 6) is -0.129. The number of hydrogen-bond donors (Lipinski definition) is 2. The minimum absolute atomic E-state index is 0.0985. The second-order valence-electron chi connectivity index (χ2n) is 9.31. The third kappa shape index (κ3) is 5.74. The van der Waals surface area contributed by atoms with E-state index in [4.69, 9.17) is 17.3 Å². The van der Waals surface area contributed by atoms with E-state index in [1.165, 1.54) is 31.2 Å². The molecule has 1 aromatic carbocycles. The van der Waals surface area contributed by atoms with Crippen molar-refractivity contribution in [2.45, 2.75) is 45.7 Å². The number of rotatable bonds is 7. The molecule has 180 valence electrons. The summed E-state index contributed by atoms with van der Waals surface area (Å²) in [5.41, 5.74) is 8.19. The minimum atomic E-state index is -0.648. The molecule has 3 amide bonds. The first-order chi connectivity index (χ1) is 16.2. The Kier molecular flexibility index (Phi) is 7.19. The van der Waals surface area contributed by atoms with E-state index in [0.717, 1.165) is 30.8 Å². The van der Waals surface area contributed by atoms with Crippen LogP contribution in [-0.2, 0) is 11.3 Å². The number of amides is 3. The molecule has 2 heterocycles. The van der Waals surface area contributed by atoms with Crippen LogP contribution in [0.15, 0.2) is 30.5 Å². The molecule has 4 rings (SSSR count). The van der Waals surface area contributed by atoms with Crippen molar-refractivity contribution in [3.63, 3.8) is 0 Å². The van der Waals surface area contributed by atoms with Gasteiger partial charge >= 0.3 is 0 Å². The molecule has 1 atom stereocenters. The SMILES string of the molecule is Cc1c(CN2CCN(C(=O)CC3CC3)[C@@H](C)C2)cc(Cl)cc1NC(=O)c1ccc(C(N)=O)nc1. The standard InChI is InChI=1S/C25H30ClN5O3/c1-15-13-30(7-8-31(15)23(32)9-17-3-4-17)14-19-10-20(26)11-22(16(19)2)29-25(34)18-5-6-21(24(27)33)28-12-18/h5-6,10-12,15,17H,3-4,7-9,13-14H2,1-2H3,(H2,27,33)(H,29,34)/t15-/m0/s1. The molecule has 2 fully saturated rings. The Morgan fingerprint density at radius 1 is 1.21 bits per heavy atom. The van der Waals surface area contributed by atoms with E-state index in [0.29, 0.717) is 35.2 Å². The zero-order chi connectivity index (χ0) is 24.4. The molecule has 0 unspecified atom stereocenters. The average molecular weight is 484 g/mol. The van der Waals surface area contributed by atoms with Crippen LogP contribution in [-0.4, -0.2) is 58.2 Å². The van der Waals surface area contributed by atoms with E-state index < -0.39 is 5.91 Å². The van der Waals surface area contributed by atoms with Gasteiger partial charge in [0, 0.05) is 55.5 Å². The largest absolute Gasteiger partial charge is 0.364 e. The van der Waals surface area contributed by atoms with Gasteiger partial charge in [-0.15, -0.1) is 0 Å². The van der Waals surface area contributed by atoms with Crippen LogP contribution >= 0.6 is 11.6 Å². The summed E-state index contributed by atoms with van der Waals surface area (Å²) in [4.78, 5) is 44.7. The van der Waals surface area contributed by atoms with Crippen LogP contribution in [0.3, 0.4) is 0 Å². The van der Waals surface area contributed by atoms with Crippen molar-refractivity contribution in [3.8, 4) is 0 Å². The molecule has 1 aliphatic carbocycles. The molecular weight excluding hydrogens is 454 g/mol. The Morgan fingerprint density at radius 2 is 1.97 bits per heavy atom. The lowest BCUT2D eigenvalue weighted by atomic mass is 10.0. The highest BCUT2D eigenvalue weighted by Crippen LogP contribution is 2.33. The van der Waals surface area contributed by atoms with Crippen molar-refractivity contribution in [1.82, 2.24) is 14.8 Å². The fourth-order valence-electron chi connectivity index (χ4n) is 4.37. The summed E-state index contributed by atoms with van der Waals surface area (Å²) in [6.45, 7) is 7.05. The van der Waals surface area contributed by atoms with Crippen LogP contribution in [0.2, 0.25) is 5.02 Å². The van der Waals surface area contributed by atoms with Gasteiger partial charge in [0.2, 0.25) is 5.91 Å². The van der Waals surface area contributed by atoms with Crippen molar-refractivity contribution in [2.24, 2.45) is 11.7 Å². The molecule has 1 saturated heterocycles. The Hall–Kier alpha value is -2.97. The lowest BCUT2D eigenvalue weighted by molar-refractivity contribution is -0.136. The first kappa shape index (κ1) is 24.2. The number of anilines is 1. The third-order valence-electron chi connectivity index (χ3n) is 6.59. The van der Waals surface area contributed by atoms with Gasteiger partial charge in [-0.25, -0.2) is 0 Å². The molecule has 0 spiro atoms. The lowest BCUT2D eigenvalue weighted by Crippen LogP contribution is -2.53. The van der Waals surface area contributed by atoms with Gasteiger partial charge in [0.1, 0.15) is 5.69 Å². The van der Waals surface area contributed by atoms with Crippen molar-refractivity contribution in [2.75, 3.05) is 25.0 Å². The number of nitrogens with zero attached hydrogens (tertiary/aromatic N) is 3. The highest BCUT2D eigenvalue weighted by molar-refractivity contribution is 6.31. The lowest BCUT2D eigenvalue weighted by Gasteiger charge is -2.40. The summed E-state index contributed by atoms with van der Waals surface area (Å²) < 4.78 is 0. The Labute approximate surface area is 204 Å². The fraction of sp³-hybridized carbons (Fsp3) is 0.440. The Balaban J connectivity index is 1.41. The number of nitrogens with two attached hydrogens (primary N) is 1. The smallest absolute Gasteiger partial charge is 0.267 e. The molecule has 9 heteroatoms. The average Bonchev–Trinajstić information content (AvgIpc) is 3.61. The topological polar surface area (TPSA) is 109 Å². The fourth-order valence-corrected chi connectivity index (χ4v) is 4.61. The predicted molar refractivity (Wildman–Crippen MR) is 131 cm³/mol. The van der Waals surface area contributed by atoms with Gasteiger partial charge in [0.25, 0.3) is 11.8 Å². The summed E-state index contributed by atoms with van der Waals surface area (Å²) >= 11 is 6.39. The second-order valence-corrected chi connectivity index (χ2v) is 9.74. The molecule has 0 bridgehead atoms. The number of carbonyl (C=O) groups excluding carboxylic acids is 3. The first-order valence-corrected chi connectivity index (χ1v) is 12.0. The zero-order valence-corrected chi connectivity index (χ0v) is 20.3. The van der Waals surface area contributed by atoms with Gasteiger partial charge in [0.15, 0.2) is 0 Å². The number of primary amides is 1. The molecule has 3 N–H and O–H groups in total. The highest BCUT2D eigenvalue weighted by Gasteiger charge is 2.32. The van der Waals surface area contributed by atoms with Gasteiger partial charge in [-0.1, -0.05) is 11.6 Å². The molecule has 2 aromatic rings. The highest BCUT2D eigenvalue weighted by atomic mass is 35.5.